The van der Waals surface area contributed by atoms with Gasteiger partial charge in [-0.3, -0.25) is 10.1 Å². The van der Waals surface area contributed by atoms with Crippen molar-refractivity contribution < 1.29 is 24.4 Å². The van der Waals surface area contributed by atoms with Gasteiger partial charge in [0.1, 0.15) is 23.4 Å². The number of fused-ring (bicyclic) bond motifs is 1. The van der Waals surface area contributed by atoms with E-state index < -0.39 is 22.6 Å². The van der Waals surface area contributed by atoms with Gasteiger partial charge in [-0.25, -0.2) is 19.6 Å². The Bertz CT molecular complexity index is 1330. The number of carbonyl (C=O) groups excluding carboxylic acids is 1. The summed E-state index contributed by atoms with van der Waals surface area (Å²) in [6.07, 6.45) is 0.982. The average molecular weight is 509 g/mol. The molecule has 0 spiro atoms. The highest BCUT2D eigenvalue weighted by Crippen LogP contribution is 2.35. The summed E-state index contributed by atoms with van der Waals surface area (Å²) in [5.74, 6) is -0.577. The van der Waals surface area contributed by atoms with E-state index in [0.717, 1.165) is 5.56 Å². The second kappa shape index (κ2) is 10.2. The maximum atomic E-state index is 12.4. The smallest absolute Gasteiger partial charge is 0.410 e. The minimum Gasteiger partial charge on any atom is -0.478 e. The molecule has 1 aromatic heterocycles. The lowest BCUT2D eigenvalue weighted by atomic mass is 10.1. The second-order valence-electron chi connectivity index (χ2n) is 9.65. The first-order chi connectivity index (χ1) is 17.5. The standard InChI is InChI=1S/C25H28N6O6/c1-25(2,3)37-24(34)30-10-8-29(9-11-30)20-13-19-18(12-21(20)31(35)36)22(28-15-27-19)26-14-16-4-6-17(7-5-16)23(32)33/h4-7,12-13,15H,8-11,14H2,1-3H3,(H,32,33)(H,26,27,28). The molecule has 1 amide bonds. The van der Waals surface area contributed by atoms with Gasteiger partial charge in [0.2, 0.25) is 0 Å². The SMILES string of the molecule is CC(C)(C)OC(=O)N1CCN(c2cc3ncnc(NCc4ccc(C(=O)O)cc4)c3cc2[N+](=O)[O-])CC1. The summed E-state index contributed by atoms with van der Waals surface area (Å²) in [4.78, 5) is 47.0. The minimum atomic E-state index is -1.00. The molecule has 1 aliphatic heterocycles. The first-order valence-electron chi connectivity index (χ1n) is 11.7. The molecule has 37 heavy (non-hydrogen) atoms. The third-order valence-corrected chi connectivity index (χ3v) is 5.86. The number of piperazine rings is 1. The molecule has 0 bridgehead atoms. The predicted octanol–water partition coefficient (Wildman–Crippen LogP) is 3.91. The van der Waals surface area contributed by atoms with Crippen LogP contribution >= 0.6 is 0 Å². The molecule has 2 aromatic carbocycles. The van der Waals surface area contributed by atoms with Crippen LogP contribution in [0.1, 0.15) is 36.7 Å². The number of ether oxygens (including phenoxy) is 1. The molecule has 1 fully saturated rings. The molecule has 0 aliphatic carbocycles. The average Bonchev–Trinajstić information content (AvgIpc) is 2.86. The highest BCUT2D eigenvalue weighted by molar-refractivity contribution is 5.94. The number of amides is 1. The van der Waals surface area contributed by atoms with E-state index in [2.05, 4.69) is 15.3 Å². The summed E-state index contributed by atoms with van der Waals surface area (Å²) in [6.45, 7) is 7.33. The number of carboxylic acid groups (broad SMARTS) is 1. The zero-order valence-corrected chi connectivity index (χ0v) is 20.8. The van der Waals surface area contributed by atoms with E-state index in [-0.39, 0.29) is 11.3 Å². The molecule has 4 rings (SSSR count). The number of benzene rings is 2. The van der Waals surface area contributed by atoms with Crippen molar-refractivity contribution in [3.05, 3.63) is 64.0 Å². The highest BCUT2D eigenvalue weighted by atomic mass is 16.6. The molecule has 3 aromatic rings. The number of nitro groups is 1. The topological polar surface area (TPSA) is 151 Å². The van der Waals surface area contributed by atoms with Crippen LogP contribution in [0.25, 0.3) is 10.9 Å². The Balaban J connectivity index is 1.54. The number of aromatic nitrogens is 2. The van der Waals surface area contributed by atoms with Gasteiger partial charge in [-0.2, -0.15) is 0 Å². The normalized spacial score (nSPS) is 13.9. The molecule has 1 saturated heterocycles. The maximum Gasteiger partial charge on any atom is 0.410 e. The van der Waals surface area contributed by atoms with Crippen LogP contribution in [-0.4, -0.2) is 68.7 Å². The Hall–Kier alpha value is -4.48. The van der Waals surface area contributed by atoms with Crippen molar-refractivity contribution in [1.29, 1.82) is 0 Å². The van der Waals surface area contributed by atoms with Gasteiger partial charge in [-0.05, 0) is 44.5 Å². The van der Waals surface area contributed by atoms with Gasteiger partial charge >= 0.3 is 12.1 Å². The van der Waals surface area contributed by atoms with E-state index in [0.29, 0.717) is 55.1 Å². The Kier molecular flexibility index (Phi) is 7.09. The molecule has 194 valence electrons. The zero-order valence-electron chi connectivity index (χ0n) is 20.8. The van der Waals surface area contributed by atoms with Crippen LogP contribution in [0.3, 0.4) is 0 Å². The Morgan fingerprint density at radius 1 is 1.11 bits per heavy atom. The summed E-state index contributed by atoms with van der Waals surface area (Å²) in [5, 5.41) is 24.7. The van der Waals surface area contributed by atoms with Crippen molar-refractivity contribution in [3.63, 3.8) is 0 Å². The number of anilines is 2. The van der Waals surface area contributed by atoms with Crippen molar-refractivity contribution in [2.45, 2.75) is 32.9 Å². The van der Waals surface area contributed by atoms with Gasteiger partial charge in [0.15, 0.2) is 0 Å². The van der Waals surface area contributed by atoms with E-state index >= 15 is 0 Å². The number of hydrogen-bond acceptors (Lipinski definition) is 9. The van der Waals surface area contributed by atoms with Gasteiger partial charge in [-0.1, -0.05) is 12.1 Å². The molecule has 0 atom stereocenters. The maximum absolute atomic E-state index is 12.4. The van der Waals surface area contributed by atoms with Gasteiger partial charge in [0, 0.05) is 44.2 Å². The van der Waals surface area contributed by atoms with Crippen molar-refractivity contribution in [2.75, 3.05) is 36.4 Å². The number of hydrogen-bond donors (Lipinski definition) is 2. The third-order valence-electron chi connectivity index (χ3n) is 5.86. The monoisotopic (exact) mass is 508 g/mol. The number of aromatic carboxylic acids is 1. The van der Waals surface area contributed by atoms with E-state index in [4.69, 9.17) is 9.84 Å². The largest absolute Gasteiger partial charge is 0.478 e. The molecule has 12 heteroatoms. The first kappa shape index (κ1) is 25.6. The lowest BCUT2D eigenvalue weighted by Crippen LogP contribution is -2.50. The summed E-state index contributed by atoms with van der Waals surface area (Å²) in [6, 6.07) is 9.54. The summed E-state index contributed by atoms with van der Waals surface area (Å²) in [5.41, 5.74) is 1.29. The van der Waals surface area contributed by atoms with Crippen molar-refractivity contribution in [2.24, 2.45) is 0 Å². The lowest BCUT2D eigenvalue weighted by molar-refractivity contribution is -0.384. The van der Waals surface area contributed by atoms with Crippen molar-refractivity contribution >= 4 is 40.2 Å². The molecule has 2 heterocycles. The second-order valence-corrected chi connectivity index (χ2v) is 9.65. The zero-order chi connectivity index (χ0) is 26.7. The summed E-state index contributed by atoms with van der Waals surface area (Å²) >= 11 is 0. The first-order valence-corrected chi connectivity index (χ1v) is 11.7. The summed E-state index contributed by atoms with van der Waals surface area (Å²) in [7, 11) is 0. The fraction of sp³-hybridized carbons (Fsp3) is 0.360. The molecular weight excluding hydrogens is 480 g/mol. The lowest BCUT2D eigenvalue weighted by Gasteiger charge is -2.36. The fourth-order valence-electron chi connectivity index (χ4n) is 4.03. The van der Waals surface area contributed by atoms with E-state index in [1.54, 1.807) is 43.9 Å². The molecule has 2 N–H and O–H groups in total. The quantitative estimate of drug-likeness (QED) is 0.370. The van der Waals surface area contributed by atoms with Gasteiger partial charge in [0.05, 0.1) is 16.0 Å². The molecule has 1 aliphatic rings. The number of rotatable bonds is 6. The van der Waals surface area contributed by atoms with Crippen molar-refractivity contribution in [1.82, 2.24) is 14.9 Å². The van der Waals surface area contributed by atoms with Crippen LogP contribution in [0.15, 0.2) is 42.7 Å². The number of nitro benzene ring substituents is 1. The minimum absolute atomic E-state index is 0.0816. The number of carbonyl (C=O) groups is 2. The number of nitrogens with one attached hydrogen (secondary N) is 1. The Morgan fingerprint density at radius 2 is 1.78 bits per heavy atom. The van der Waals surface area contributed by atoms with Crippen LogP contribution in [0, 0.1) is 10.1 Å². The van der Waals surface area contributed by atoms with E-state index in [9.17, 15) is 19.7 Å². The molecule has 0 unspecified atom stereocenters. The predicted molar refractivity (Wildman–Crippen MR) is 137 cm³/mol. The molecular formula is C25H28N6O6. The highest BCUT2D eigenvalue weighted by Gasteiger charge is 2.29. The third kappa shape index (κ3) is 6.02. The van der Waals surface area contributed by atoms with Crippen LogP contribution < -0.4 is 10.2 Å². The molecule has 0 saturated carbocycles. The van der Waals surface area contributed by atoms with Crippen LogP contribution in [0.5, 0.6) is 0 Å². The van der Waals surface area contributed by atoms with Crippen LogP contribution in [0.4, 0.5) is 22.0 Å². The van der Waals surface area contributed by atoms with Crippen molar-refractivity contribution in [3.8, 4) is 0 Å². The van der Waals surface area contributed by atoms with Crippen LogP contribution in [-0.2, 0) is 11.3 Å². The Morgan fingerprint density at radius 3 is 2.38 bits per heavy atom. The van der Waals surface area contributed by atoms with Gasteiger partial charge in [-0.15, -0.1) is 0 Å². The van der Waals surface area contributed by atoms with E-state index in [1.165, 1.54) is 24.5 Å². The van der Waals surface area contributed by atoms with E-state index in [1.807, 2.05) is 4.90 Å². The van der Waals surface area contributed by atoms with Gasteiger partial charge < -0.3 is 25.0 Å². The Labute approximate surface area is 213 Å². The molecule has 12 nitrogen and oxygen atoms in total. The number of carboxylic acids is 1. The van der Waals surface area contributed by atoms with Gasteiger partial charge in [0.25, 0.3) is 5.69 Å². The molecule has 0 radical (unpaired) electrons. The van der Waals surface area contributed by atoms with Crippen LogP contribution in [0.2, 0.25) is 0 Å². The number of nitrogens with zero attached hydrogens (tertiary/aromatic N) is 5. The summed E-state index contributed by atoms with van der Waals surface area (Å²) < 4.78 is 5.43. The fourth-order valence-corrected chi connectivity index (χ4v) is 4.03.